The van der Waals surface area contributed by atoms with Crippen molar-refractivity contribution >= 4 is 0 Å². The number of piperazine rings is 1. The summed E-state index contributed by atoms with van der Waals surface area (Å²) in [5.74, 6) is 1.05. The van der Waals surface area contributed by atoms with Gasteiger partial charge in [-0.25, -0.2) is 0 Å². The SMILES string of the molecule is COc1ccc(CCCN2CCN(C)CC2)cc1CN1CCCCC1. The first-order valence-electron chi connectivity index (χ1n) is 10.0. The van der Waals surface area contributed by atoms with E-state index in [2.05, 4.69) is 39.9 Å². The molecule has 0 saturated carbocycles. The number of hydrogen-bond donors (Lipinski definition) is 0. The maximum Gasteiger partial charge on any atom is 0.123 e. The van der Waals surface area contributed by atoms with Crippen molar-refractivity contribution in [3.8, 4) is 5.75 Å². The molecule has 0 aromatic heterocycles. The first-order valence-corrected chi connectivity index (χ1v) is 10.0. The Hall–Kier alpha value is -1.10. The van der Waals surface area contributed by atoms with Gasteiger partial charge in [-0.1, -0.05) is 18.6 Å². The van der Waals surface area contributed by atoms with Crippen molar-refractivity contribution in [1.29, 1.82) is 0 Å². The molecule has 0 spiro atoms. The first-order chi connectivity index (χ1) is 12.2. The molecule has 4 nitrogen and oxygen atoms in total. The third-order valence-electron chi connectivity index (χ3n) is 5.72. The Morgan fingerprint density at radius 1 is 0.920 bits per heavy atom. The predicted molar refractivity (Wildman–Crippen MR) is 104 cm³/mol. The molecule has 140 valence electrons. The topological polar surface area (TPSA) is 19.0 Å². The fraction of sp³-hybridized carbons (Fsp3) is 0.714. The molecule has 3 rings (SSSR count). The number of hydrogen-bond acceptors (Lipinski definition) is 4. The Balaban J connectivity index is 1.51. The molecule has 2 aliphatic heterocycles. The lowest BCUT2D eigenvalue weighted by molar-refractivity contribution is 0.153. The molecular formula is C21H35N3O. The molecule has 0 N–H and O–H groups in total. The third kappa shape index (κ3) is 5.70. The van der Waals surface area contributed by atoms with E-state index in [1.54, 1.807) is 7.11 Å². The number of ether oxygens (including phenoxy) is 1. The molecule has 1 aromatic rings. The van der Waals surface area contributed by atoms with Crippen LogP contribution in [0.5, 0.6) is 5.75 Å². The van der Waals surface area contributed by atoms with Crippen LogP contribution in [0.2, 0.25) is 0 Å². The Bertz CT molecular complexity index is 520. The lowest BCUT2D eigenvalue weighted by Gasteiger charge is -2.32. The largest absolute Gasteiger partial charge is 0.496 e. The van der Waals surface area contributed by atoms with Crippen molar-refractivity contribution in [1.82, 2.24) is 14.7 Å². The van der Waals surface area contributed by atoms with Gasteiger partial charge in [0.2, 0.25) is 0 Å². The zero-order valence-corrected chi connectivity index (χ0v) is 16.2. The van der Waals surface area contributed by atoms with Gasteiger partial charge in [0.25, 0.3) is 0 Å². The molecule has 4 heteroatoms. The standard InChI is InChI=1S/C21H35N3O/c1-22-13-15-23(16-14-22)12-6-7-19-8-9-21(25-2)20(17-19)18-24-10-4-3-5-11-24/h8-9,17H,3-7,10-16,18H2,1-2H3. The van der Waals surface area contributed by atoms with Gasteiger partial charge in [-0.3, -0.25) is 4.90 Å². The average molecular weight is 346 g/mol. The second kappa shape index (κ2) is 9.56. The van der Waals surface area contributed by atoms with E-state index in [9.17, 15) is 0 Å². The Morgan fingerprint density at radius 2 is 1.68 bits per heavy atom. The van der Waals surface area contributed by atoms with Crippen LogP contribution in [0, 0.1) is 0 Å². The summed E-state index contributed by atoms with van der Waals surface area (Å²) in [7, 11) is 4.01. The monoisotopic (exact) mass is 345 g/mol. The number of benzene rings is 1. The summed E-state index contributed by atoms with van der Waals surface area (Å²) < 4.78 is 5.61. The van der Waals surface area contributed by atoms with Crippen molar-refractivity contribution < 1.29 is 4.74 Å². The molecule has 1 aromatic carbocycles. The van der Waals surface area contributed by atoms with Crippen molar-refractivity contribution in [2.45, 2.75) is 38.6 Å². The van der Waals surface area contributed by atoms with Crippen LogP contribution < -0.4 is 4.74 Å². The molecule has 2 aliphatic rings. The van der Waals surface area contributed by atoms with Gasteiger partial charge >= 0.3 is 0 Å². The number of likely N-dealkylation sites (tertiary alicyclic amines) is 1. The Morgan fingerprint density at radius 3 is 2.40 bits per heavy atom. The zero-order chi connectivity index (χ0) is 17.5. The number of nitrogens with zero attached hydrogens (tertiary/aromatic N) is 3. The molecule has 2 heterocycles. The minimum absolute atomic E-state index is 1.04. The summed E-state index contributed by atoms with van der Waals surface area (Å²) in [6.07, 6.45) is 6.49. The number of methoxy groups -OCH3 is 1. The molecular weight excluding hydrogens is 310 g/mol. The van der Waals surface area contributed by atoms with E-state index in [4.69, 9.17) is 4.74 Å². The number of piperidine rings is 1. The maximum atomic E-state index is 5.61. The predicted octanol–water partition coefficient (Wildman–Crippen LogP) is 2.86. The molecule has 25 heavy (non-hydrogen) atoms. The second-order valence-electron chi connectivity index (χ2n) is 7.73. The van der Waals surface area contributed by atoms with E-state index in [1.165, 1.54) is 89.0 Å². The number of aryl methyl sites for hydroxylation is 1. The lowest BCUT2D eigenvalue weighted by Crippen LogP contribution is -2.44. The van der Waals surface area contributed by atoms with Crippen LogP contribution in [0.4, 0.5) is 0 Å². The summed E-state index contributed by atoms with van der Waals surface area (Å²) in [6, 6.07) is 6.81. The highest BCUT2D eigenvalue weighted by Gasteiger charge is 2.15. The highest BCUT2D eigenvalue weighted by Crippen LogP contribution is 2.24. The van der Waals surface area contributed by atoms with E-state index in [1.807, 2.05) is 0 Å². The molecule has 2 saturated heterocycles. The molecule has 0 radical (unpaired) electrons. The van der Waals surface area contributed by atoms with Gasteiger partial charge in [0.1, 0.15) is 5.75 Å². The van der Waals surface area contributed by atoms with Gasteiger partial charge in [0.15, 0.2) is 0 Å². The molecule has 0 unspecified atom stereocenters. The maximum absolute atomic E-state index is 5.61. The second-order valence-corrected chi connectivity index (χ2v) is 7.73. The van der Waals surface area contributed by atoms with Gasteiger partial charge in [0, 0.05) is 38.3 Å². The smallest absolute Gasteiger partial charge is 0.123 e. The Kier molecular flexibility index (Phi) is 7.14. The summed E-state index contributed by atoms with van der Waals surface area (Å²) in [4.78, 5) is 7.61. The molecule has 0 atom stereocenters. The quantitative estimate of drug-likeness (QED) is 0.756. The summed E-state index contributed by atoms with van der Waals surface area (Å²) in [5.41, 5.74) is 2.82. The number of likely N-dealkylation sites (N-methyl/N-ethyl adjacent to an activating group) is 1. The number of rotatable bonds is 7. The average Bonchev–Trinajstić information content (AvgIpc) is 2.64. The highest BCUT2D eigenvalue weighted by atomic mass is 16.5. The molecule has 0 bridgehead atoms. The van der Waals surface area contributed by atoms with Crippen LogP contribution in [-0.2, 0) is 13.0 Å². The molecule has 0 aliphatic carbocycles. The van der Waals surface area contributed by atoms with Gasteiger partial charge in [0.05, 0.1) is 7.11 Å². The van der Waals surface area contributed by atoms with Crippen LogP contribution in [0.25, 0.3) is 0 Å². The van der Waals surface area contributed by atoms with Crippen LogP contribution in [0.3, 0.4) is 0 Å². The lowest BCUT2D eigenvalue weighted by atomic mass is 10.0. The Labute approximate surface area is 153 Å². The fourth-order valence-electron chi connectivity index (χ4n) is 4.05. The van der Waals surface area contributed by atoms with E-state index < -0.39 is 0 Å². The van der Waals surface area contributed by atoms with Crippen molar-refractivity contribution in [3.05, 3.63) is 29.3 Å². The summed E-state index contributed by atoms with van der Waals surface area (Å²) in [6.45, 7) is 9.59. The third-order valence-corrected chi connectivity index (χ3v) is 5.72. The van der Waals surface area contributed by atoms with Gasteiger partial charge in [-0.05, 0) is 64.0 Å². The minimum atomic E-state index is 1.04. The minimum Gasteiger partial charge on any atom is -0.496 e. The van der Waals surface area contributed by atoms with Gasteiger partial charge < -0.3 is 14.5 Å². The molecule has 2 fully saturated rings. The fourth-order valence-corrected chi connectivity index (χ4v) is 4.05. The molecule has 0 amide bonds. The highest BCUT2D eigenvalue weighted by molar-refractivity contribution is 5.37. The van der Waals surface area contributed by atoms with E-state index in [-0.39, 0.29) is 0 Å². The zero-order valence-electron chi connectivity index (χ0n) is 16.2. The van der Waals surface area contributed by atoms with E-state index >= 15 is 0 Å². The van der Waals surface area contributed by atoms with E-state index in [0.717, 1.165) is 12.3 Å². The summed E-state index contributed by atoms with van der Waals surface area (Å²) in [5, 5.41) is 0. The van der Waals surface area contributed by atoms with Crippen LogP contribution in [0.15, 0.2) is 18.2 Å². The summed E-state index contributed by atoms with van der Waals surface area (Å²) >= 11 is 0. The first kappa shape index (κ1) is 18.7. The van der Waals surface area contributed by atoms with E-state index in [0.29, 0.717) is 0 Å². The van der Waals surface area contributed by atoms with Crippen molar-refractivity contribution in [2.24, 2.45) is 0 Å². The van der Waals surface area contributed by atoms with Crippen LogP contribution in [0.1, 0.15) is 36.8 Å². The van der Waals surface area contributed by atoms with Crippen molar-refractivity contribution in [2.75, 3.05) is 60.0 Å². The van der Waals surface area contributed by atoms with Crippen LogP contribution in [-0.4, -0.2) is 74.7 Å². The van der Waals surface area contributed by atoms with Crippen LogP contribution >= 0.6 is 0 Å². The van der Waals surface area contributed by atoms with Crippen molar-refractivity contribution in [3.63, 3.8) is 0 Å². The van der Waals surface area contributed by atoms with Gasteiger partial charge in [-0.2, -0.15) is 0 Å². The normalized spacial score (nSPS) is 20.7. The van der Waals surface area contributed by atoms with Gasteiger partial charge in [-0.15, -0.1) is 0 Å².